The van der Waals surface area contributed by atoms with Gasteiger partial charge in [0.05, 0.1) is 10.8 Å². The predicted octanol–water partition coefficient (Wildman–Crippen LogP) is 1.76. The number of nitrogens with one attached hydrogen (secondary N) is 2. The molecule has 0 radical (unpaired) electrons. The minimum atomic E-state index is -3.73. The molecule has 0 saturated carbocycles. The molecule has 2 aliphatic rings. The van der Waals surface area contributed by atoms with Crippen molar-refractivity contribution in [2.24, 2.45) is 0 Å². The zero-order valence-electron chi connectivity index (χ0n) is 14.5. The Bertz CT molecular complexity index is 871. The fourth-order valence-corrected chi connectivity index (χ4v) is 5.45. The third-order valence-electron chi connectivity index (χ3n) is 4.57. The van der Waals surface area contributed by atoms with E-state index in [1.54, 1.807) is 18.2 Å². The zero-order valence-corrected chi connectivity index (χ0v) is 16.8. The minimum absolute atomic E-state index is 0.180. The van der Waals surface area contributed by atoms with E-state index in [4.69, 9.17) is 27.9 Å². The number of rotatable bonds is 5. The topological polar surface area (TPSA) is 105 Å². The Balaban J connectivity index is 1.59. The largest absolute Gasteiger partial charge is 0.489 e. The number of amides is 3. The molecule has 0 unspecified atom stereocenters. The molecule has 2 aliphatic heterocycles. The highest BCUT2D eigenvalue weighted by atomic mass is 35.5. The van der Waals surface area contributed by atoms with Gasteiger partial charge in [0, 0.05) is 18.1 Å². The maximum absolute atomic E-state index is 12.7. The number of imide groups is 1. The number of nitrogens with zero attached hydrogens (tertiary/aromatic N) is 1. The van der Waals surface area contributed by atoms with E-state index in [1.807, 2.05) is 0 Å². The fraction of sp³-hybridized carbons (Fsp3) is 0.500. The van der Waals surface area contributed by atoms with Crippen molar-refractivity contribution < 1.29 is 22.7 Å². The summed E-state index contributed by atoms with van der Waals surface area (Å²) in [6.45, 7) is 1.90. The number of piperidine rings is 1. The molecule has 1 atom stereocenters. The smallest absolute Gasteiger partial charge is 0.322 e. The number of urea groups is 1. The Kier molecular flexibility index (Phi) is 5.58. The van der Waals surface area contributed by atoms with Crippen LogP contribution in [-0.2, 0) is 14.8 Å². The van der Waals surface area contributed by atoms with Gasteiger partial charge >= 0.3 is 6.03 Å². The number of carbonyl (C=O) groups is 2. The van der Waals surface area contributed by atoms with Crippen LogP contribution in [0.25, 0.3) is 0 Å². The number of carbonyl (C=O) groups excluding carboxylic acids is 2. The zero-order chi connectivity index (χ0) is 19.8. The molecular formula is C16H19Cl2N3O5S. The summed E-state index contributed by atoms with van der Waals surface area (Å²) in [4.78, 5) is 23.2. The lowest BCUT2D eigenvalue weighted by Gasteiger charge is -2.33. The molecule has 0 spiro atoms. The molecule has 0 aromatic heterocycles. The second kappa shape index (κ2) is 7.46. The molecule has 2 fully saturated rings. The second-order valence-corrected chi connectivity index (χ2v) is 9.60. The van der Waals surface area contributed by atoms with E-state index in [9.17, 15) is 18.0 Å². The first-order chi connectivity index (χ1) is 12.6. The van der Waals surface area contributed by atoms with E-state index in [0.29, 0.717) is 28.6 Å². The molecular weight excluding hydrogens is 417 g/mol. The Morgan fingerprint density at radius 1 is 1.26 bits per heavy atom. The third-order valence-corrected chi connectivity index (χ3v) is 7.20. The number of hydrogen-bond acceptors (Lipinski definition) is 5. The molecule has 3 rings (SSSR count). The van der Waals surface area contributed by atoms with E-state index in [-0.39, 0.29) is 19.2 Å². The first-order valence-corrected chi connectivity index (χ1v) is 10.7. The van der Waals surface area contributed by atoms with Crippen LogP contribution in [0, 0.1) is 0 Å². The highest BCUT2D eigenvalue weighted by molar-refractivity contribution is 7.89. The van der Waals surface area contributed by atoms with Crippen molar-refractivity contribution in [2.75, 3.05) is 18.8 Å². The molecule has 8 nitrogen and oxygen atoms in total. The van der Waals surface area contributed by atoms with E-state index in [1.165, 1.54) is 11.2 Å². The van der Waals surface area contributed by atoms with Gasteiger partial charge in [0.15, 0.2) is 0 Å². The van der Waals surface area contributed by atoms with Gasteiger partial charge in [0.2, 0.25) is 10.0 Å². The number of benzene rings is 1. The molecule has 0 aliphatic carbocycles. The Labute approximate surface area is 167 Å². The van der Waals surface area contributed by atoms with Gasteiger partial charge in [-0.1, -0.05) is 23.2 Å². The lowest BCUT2D eigenvalue weighted by molar-refractivity contribution is -0.122. The average Bonchev–Trinajstić information content (AvgIpc) is 2.81. The van der Waals surface area contributed by atoms with Gasteiger partial charge in [-0.25, -0.2) is 17.5 Å². The monoisotopic (exact) mass is 435 g/mol. The van der Waals surface area contributed by atoms with E-state index in [0.717, 1.165) is 0 Å². The van der Waals surface area contributed by atoms with Gasteiger partial charge < -0.3 is 10.1 Å². The Hall–Kier alpha value is -1.55. The van der Waals surface area contributed by atoms with E-state index >= 15 is 0 Å². The van der Waals surface area contributed by atoms with Crippen LogP contribution in [0.2, 0.25) is 10.0 Å². The van der Waals surface area contributed by atoms with Gasteiger partial charge in [-0.2, -0.15) is 0 Å². The minimum Gasteiger partial charge on any atom is -0.489 e. The van der Waals surface area contributed by atoms with Crippen molar-refractivity contribution in [3.63, 3.8) is 0 Å². The summed E-state index contributed by atoms with van der Waals surface area (Å²) in [5.74, 6) is -0.640. The summed E-state index contributed by atoms with van der Waals surface area (Å²) in [5, 5.41) is 5.34. The number of halogens is 2. The summed E-state index contributed by atoms with van der Waals surface area (Å²) in [6.07, 6.45) is 0.779. The van der Waals surface area contributed by atoms with Gasteiger partial charge in [-0.3, -0.25) is 10.1 Å². The molecule has 2 heterocycles. The fourth-order valence-electron chi connectivity index (χ4n) is 3.12. The molecule has 148 valence electrons. The average molecular weight is 436 g/mol. The van der Waals surface area contributed by atoms with Crippen molar-refractivity contribution in [3.05, 3.63) is 28.2 Å². The van der Waals surface area contributed by atoms with Gasteiger partial charge in [-0.15, -0.1) is 0 Å². The SMILES string of the molecule is C[C@]1(CS(=O)(=O)N2CCC(Oc3ccc(Cl)cc3Cl)CC2)NC(=O)NC1=O. The van der Waals surface area contributed by atoms with Crippen molar-refractivity contribution >= 4 is 45.2 Å². The van der Waals surface area contributed by atoms with Gasteiger partial charge in [0.25, 0.3) is 5.91 Å². The van der Waals surface area contributed by atoms with Crippen LogP contribution in [0.5, 0.6) is 5.75 Å². The quantitative estimate of drug-likeness (QED) is 0.685. The molecule has 27 heavy (non-hydrogen) atoms. The summed E-state index contributed by atoms with van der Waals surface area (Å²) in [7, 11) is -3.73. The molecule has 1 aromatic carbocycles. The first-order valence-electron chi connectivity index (χ1n) is 8.32. The van der Waals surface area contributed by atoms with Gasteiger partial charge in [0.1, 0.15) is 17.4 Å². The predicted molar refractivity (Wildman–Crippen MR) is 101 cm³/mol. The van der Waals surface area contributed by atoms with Gasteiger partial charge in [-0.05, 0) is 38.0 Å². The number of hydrogen-bond donors (Lipinski definition) is 2. The van der Waals surface area contributed by atoms with Crippen LogP contribution in [0.1, 0.15) is 19.8 Å². The van der Waals surface area contributed by atoms with Crippen LogP contribution >= 0.6 is 23.2 Å². The van der Waals surface area contributed by atoms with E-state index in [2.05, 4.69) is 10.6 Å². The second-order valence-electron chi connectivity index (χ2n) is 6.79. The lowest BCUT2D eigenvalue weighted by atomic mass is 10.1. The third kappa shape index (κ3) is 4.48. The maximum Gasteiger partial charge on any atom is 0.322 e. The number of ether oxygens (including phenoxy) is 1. The summed E-state index contributed by atoms with van der Waals surface area (Å²) in [6, 6.07) is 4.24. The molecule has 2 N–H and O–H groups in total. The van der Waals surface area contributed by atoms with Crippen molar-refractivity contribution in [2.45, 2.75) is 31.4 Å². The van der Waals surface area contributed by atoms with Crippen molar-refractivity contribution in [1.82, 2.24) is 14.9 Å². The van der Waals surface area contributed by atoms with Crippen LogP contribution in [0.3, 0.4) is 0 Å². The molecule has 1 aromatic rings. The number of sulfonamides is 1. The maximum atomic E-state index is 12.7. The normalized spacial score (nSPS) is 24.6. The summed E-state index contributed by atoms with van der Waals surface area (Å²) in [5.41, 5.74) is -1.47. The first kappa shape index (κ1) is 20.2. The molecule has 3 amide bonds. The van der Waals surface area contributed by atoms with E-state index < -0.39 is 33.3 Å². The highest BCUT2D eigenvalue weighted by Crippen LogP contribution is 2.30. The van der Waals surface area contributed by atoms with Crippen molar-refractivity contribution in [1.29, 1.82) is 0 Å². The highest BCUT2D eigenvalue weighted by Gasteiger charge is 2.46. The van der Waals surface area contributed by atoms with Crippen LogP contribution in [0.15, 0.2) is 18.2 Å². The molecule has 0 bridgehead atoms. The van der Waals surface area contributed by atoms with Crippen molar-refractivity contribution in [3.8, 4) is 5.75 Å². The van der Waals surface area contributed by atoms with Crippen LogP contribution in [-0.4, -0.2) is 55.1 Å². The Morgan fingerprint density at radius 3 is 2.48 bits per heavy atom. The summed E-state index contributed by atoms with van der Waals surface area (Å²) < 4.78 is 32.5. The standard InChI is InChI=1S/C16H19Cl2N3O5S/c1-16(14(22)19-15(23)20-16)9-27(24,25)21-6-4-11(5-7-21)26-13-3-2-10(17)8-12(13)18/h2-3,8,11H,4-7,9H2,1H3,(H2,19,20,22,23)/t16-/m1/s1. The Morgan fingerprint density at radius 2 is 1.93 bits per heavy atom. The molecule has 2 saturated heterocycles. The lowest BCUT2D eigenvalue weighted by Crippen LogP contribution is -2.53. The van der Waals surface area contributed by atoms with Crippen LogP contribution < -0.4 is 15.4 Å². The van der Waals surface area contributed by atoms with Crippen LogP contribution in [0.4, 0.5) is 4.79 Å². The molecule has 11 heteroatoms. The summed E-state index contributed by atoms with van der Waals surface area (Å²) >= 11 is 12.0.